The fraction of sp³-hybridized carbons (Fsp3) is 0.118. The van der Waals surface area contributed by atoms with E-state index in [0.29, 0.717) is 11.2 Å². The summed E-state index contributed by atoms with van der Waals surface area (Å²) >= 11 is 0. The number of fused-ring (bicyclic) bond motifs is 1. The first-order valence-corrected chi connectivity index (χ1v) is 7.14. The Labute approximate surface area is 131 Å². The first kappa shape index (κ1) is 14.9. The number of aliphatic hydroxyl groups is 1. The lowest BCUT2D eigenvalue weighted by atomic mass is 10.1. The molecule has 0 aliphatic rings. The van der Waals surface area contributed by atoms with Crippen LogP contribution in [0.4, 0.5) is 0 Å². The quantitative estimate of drug-likeness (QED) is 0.564. The number of rotatable bonds is 3. The molecule has 1 aromatic heterocycles. The number of aliphatic hydroxyl groups excluding tert-OH is 1. The van der Waals surface area contributed by atoms with Gasteiger partial charge in [0.25, 0.3) is 11.0 Å². The molecule has 0 spiro atoms. The highest BCUT2D eigenvalue weighted by Gasteiger charge is 2.11. The van der Waals surface area contributed by atoms with E-state index in [-0.39, 0.29) is 18.6 Å². The van der Waals surface area contributed by atoms with Gasteiger partial charge in [-0.1, -0.05) is 53.7 Å². The molecule has 6 nitrogen and oxygen atoms in total. The van der Waals surface area contributed by atoms with Gasteiger partial charge in [-0.3, -0.25) is 4.79 Å². The summed E-state index contributed by atoms with van der Waals surface area (Å²) in [6.07, 6.45) is 0. The van der Waals surface area contributed by atoms with E-state index in [1.54, 1.807) is 12.1 Å². The van der Waals surface area contributed by atoms with E-state index in [2.05, 4.69) is 10.1 Å². The van der Waals surface area contributed by atoms with Gasteiger partial charge in [0.2, 0.25) is 0 Å². The second kappa shape index (κ2) is 6.41. The van der Waals surface area contributed by atoms with E-state index in [1.165, 1.54) is 4.57 Å². The third-order valence-corrected chi connectivity index (χ3v) is 3.57. The minimum absolute atomic E-state index is 0.0897. The summed E-state index contributed by atoms with van der Waals surface area (Å²) in [6.45, 7) is -0.119. The molecule has 0 fully saturated rings. The van der Waals surface area contributed by atoms with Gasteiger partial charge in [0.15, 0.2) is 0 Å². The summed E-state index contributed by atoms with van der Waals surface area (Å²) in [4.78, 5) is 16.8. The number of benzene rings is 2. The van der Waals surface area contributed by atoms with Crippen molar-refractivity contribution in [1.82, 2.24) is 9.55 Å². The Kier molecular flexibility index (Phi) is 4.16. The molecular formula is C17H15N3O3. The number of hydrogen-bond donors (Lipinski definition) is 2. The average Bonchev–Trinajstić information content (AvgIpc) is 2.72. The molecule has 0 unspecified atom stereocenters. The Bertz CT molecular complexity index is 966. The van der Waals surface area contributed by atoms with Crippen molar-refractivity contribution < 1.29 is 10.3 Å². The van der Waals surface area contributed by atoms with Crippen molar-refractivity contribution in [3.8, 4) is 11.3 Å². The molecule has 2 N–H and O–H groups in total. The first-order chi connectivity index (χ1) is 11.3. The van der Waals surface area contributed by atoms with Crippen molar-refractivity contribution in [2.75, 3.05) is 6.61 Å². The predicted molar refractivity (Wildman–Crippen MR) is 85.9 cm³/mol. The molecular weight excluding hydrogens is 294 g/mol. The maximum atomic E-state index is 12.5. The van der Waals surface area contributed by atoms with E-state index in [9.17, 15) is 15.1 Å². The number of hydrogen-bond acceptors (Lipinski definition) is 5. The van der Waals surface area contributed by atoms with Crippen LogP contribution in [0.1, 0.15) is 0 Å². The Balaban J connectivity index is 2.55. The Morgan fingerprint density at radius 2 is 1.74 bits per heavy atom. The molecule has 0 aliphatic carbocycles. The minimum Gasteiger partial charge on any atom is -0.409 e. The predicted octanol–water partition coefficient (Wildman–Crippen LogP) is 1.35. The summed E-state index contributed by atoms with van der Waals surface area (Å²) in [6, 6.07) is 16.6. The second-order valence-corrected chi connectivity index (χ2v) is 4.95. The van der Waals surface area contributed by atoms with Crippen LogP contribution in [0.15, 0.2) is 64.5 Å². The maximum absolute atomic E-state index is 12.5. The van der Waals surface area contributed by atoms with Gasteiger partial charge in [0.1, 0.15) is 0 Å². The molecule has 0 saturated heterocycles. The van der Waals surface area contributed by atoms with Gasteiger partial charge in [-0.2, -0.15) is 0 Å². The van der Waals surface area contributed by atoms with E-state index >= 15 is 0 Å². The van der Waals surface area contributed by atoms with Crippen LogP contribution in [0.25, 0.3) is 22.2 Å². The van der Waals surface area contributed by atoms with Gasteiger partial charge in [-0.15, -0.1) is 0 Å². The lowest BCUT2D eigenvalue weighted by molar-refractivity contribution is 0.274. The van der Waals surface area contributed by atoms with Gasteiger partial charge in [-0.05, 0) is 6.07 Å². The molecule has 0 atom stereocenters. The lowest BCUT2D eigenvalue weighted by Crippen LogP contribution is -2.35. The molecule has 3 aromatic rings. The summed E-state index contributed by atoms with van der Waals surface area (Å²) in [5, 5.41) is 22.2. The van der Waals surface area contributed by atoms with Gasteiger partial charge in [0, 0.05) is 17.5 Å². The van der Waals surface area contributed by atoms with E-state index in [4.69, 9.17) is 0 Å². The molecule has 6 heteroatoms. The molecule has 23 heavy (non-hydrogen) atoms. The highest BCUT2D eigenvalue weighted by atomic mass is 16.4. The van der Waals surface area contributed by atoms with Crippen LogP contribution in [0.2, 0.25) is 0 Å². The topological polar surface area (TPSA) is 87.7 Å². The normalized spacial score (nSPS) is 11.8. The van der Waals surface area contributed by atoms with E-state index in [0.717, 1.165) is 10.9 Å². The zero-order valence-electron chi connectivity index (χ0n) is 12.3. The monoisotopic (exact) mass is 309 g/mol. The van der Waals surface area contributed by atoms with Crippen molar-refractivity contribution in [3.63, 3.8) is 0 Å². The molecule has 0 amide bonds. The third kappa shape index (κ3) is 2.72. The smallest absolute Gasteiger partial charge is 0.299 e. The maximum Gasteiger partial charge on any atom is 0.299 e. The fourth-order valence-electron chi connectivity index (χ4n) is 2.56. The largest absolute Gasteiger partial charge is 0.409 e. The Hall–Kier alpha value is -2.99. The van der Waals surface area contributed by atoms with Gasteiger partial charge >= 0.3 is 0 Å². The number of para-hydroxylation sites is 1. The van der Waals surface area contributed by atoms with Crippen molar-refractivity contribution in [2.24, 2.45) is 5.16 Å². The van der Waals surface area contributed by atoms with Gasteiger partial charge < -0.3 is 14.9 Å². The van der Waals surface area contributed by atoms with E-state index < -0.39 is 5.56 Å². The number of nitrogens with zero attached hydrogens (tertiary/aromatic N) is 3. The molecule has 0 aliphatic heterocycles. The van der Waals surface area contributed by atoms with Crippen LogP contribution in [0.5, 0.6) is 0 Å². The highest BCUT2D eigenvalue weighted by molar-refractivity contribution is 5.91. The first-order valence-electron chi connectivity index (χ1n) is 7.14. The summed E-state index contributed by atoms with van der Waals surface area (Å²) in [7, 11) is 0. The SMILES string of the molecule is O=c1c(=NO)nc(-c2ccccc2)c2ccccc2n1CCO. The fourth-order valence-corrected chi connectivity index (χ4v) is 2.56. The van der Waals surface area contributed by atoms with Crippen LogP contribution < -0.4 is 11.0 Å². The average molecular weight is 309 g/mol. The van der Waals surface area contributed by atoms with Crippen molar-refractivity contribution in [1.29, 1.82) is 0 Å². The molecule has 3 rings (SSSR count). The second-order valence-electron chi connectivity index (χ2n) is 4.95. The van der Waals surface area contributed by atoms with Crippen molar-refractivity contribution >= 4 is 10.9 Å². The van der Waals surface area contributed by atoms with E-state index in [1.807, 2.05) is 42.5 Å². The Morgan fingerprint density at radius 1 is 1.04 bits per heavy atom. The summed E-state index contributed by atoms with van der Waals surface area (Å²) < 4.78 is 1.36. The van der Waals surface area contributed by atoms with Gasteiger partial charge in [0.05, 0.1) is 17.8 Å². The zero-order valence-corrected chi connectivity index (χ0v) is 12.3. The van der Waals surface area contributed by atoms with Crippen LogP contribution in [-0.2, 0) is 6.54 Å². The number of aromatic nitrogens is 2. The summed E-state index contributed by atoms with van der Waals surface area (Å²) in [5.41, 5.74) is 1.10. The highest BCUT2D eigenvalue weighted by Crippen LogP contribution is 2.23. The van der Waals surface area contributed by atoms with Crippen molar-refractivity contribution in [3.05, 3.63) is 70.4 Å². The molecule has 1 heterocycles. The van der Waals surface area contributed by atoms with Crippen LogP contribution in [-0.4, -0.2) is 26.5 Å². The molecule has 0 saturated carbocycles. The van der Waals surface area contributed by atoms with Crippen LogP contribution in [0, 0.1) is 0 Å². The van der Waals surface area contributed by atoms with Crippen LogP contribution >= 0.6 is 0 Å². The third-order valence-electron chi connectivity index (χ3n) is 3.57. The minimum atomic E-state index is -0.556. The summed E-state index contributed by atoms with van der Waals surface area (Å²) in [5.74, 6) is 0. The molecule has 0 bridgehead atoms. The van der Waals surface area contributed by atoms with Crippen LogP contribution in [0.3, 0.4) is 0 Å². The lowest BCUT2D eigenvalue weighted by Gasteiger charge is -2.05. The standard InChI is InChI=1S/C17H15N3O3/c21-11-10-20-14-9-5-4-8-13(14)15(12-6-2-1-3-7-12)18-16(19-23)17(20)22/h1-9,21,23H,10-11H2. The Morgan fingerprint density at radius 3 is 2.43 bits per heavy atom. The molecule has 0 radical (unpaired) electrons. The van der Waals surface area contributed by atoms with Gasteiger partial charge in [-0.25, -0.2) is 4.98 Å². The van der Waals surface area contributed by atoms with Crippen molar-refractivity contribution in [2.45, 2.75) is 6.54 Å². The zero-order chi connectivity index (χ0) is 16.2. The molecule has 2 aromatic carbocycles. The molecule has 116 valence electrons.